The zero-order chi connectivity index (χ0) is 16.7. The number of carbonyl (C=O) groups is 3. The van der Waals surface area contributed by atoms with Gasteiger partial charge in [0.2, 0.25) is 0 Å². The van der Waals surface area contributed by atoms with E-state index in [0.29, 0.717) is 11.8 Å². The van der Waals surface area contributed by atoms with Gasteiger partial charge in [0.1, 0.15) is 12.9 Å². The third kappa shape index (κ3) is 4.78. The third-order valence-electron chi connectivity index (χ3n) is 3.10. The molecule has 1 atom stereocenters. The standard InChI is InChI=1S/C18H16O5/c1-13(17(20)22-12-14-6-3-2-4-7-14)23-18(21)16-9-5-8-15(10-16)11-19/h2-11,13H,12H2,1H3/t13-/m0/s1. The highest BCUT2D eigenvalue weighted by molar-refractivity contribution is 5.93. The van der Waals surface area contributed by atoms with Crippen molar-refractivity contribution in [2.24, 2.45) is 0 Å². The van der Waals surface area contributed by atoms with Gasteiger partial charge in [-0.25, -0.2) is 9.59 Å². The number of esters is 2. The van der Waals surface area contributed by atoms with E-state index in [4.69, 9.17) is 9.47 Å². The monoisotopic (exact) mass is 312 g/mol. The van der Waals surface area contributed by atoms with Crippen LogP contribution in [0.4, 0.5) is 0 Å². The molecule has 2 aromatic carbocycles. The molecule has 0 radical (unpaired) electrons. The predicted octanol–water partition coefficient (Wildman–Crippen LogP) is 2.79. The van der Waals surface area contributed by atoms with Crippen LogP contribution in [0, 0.1) is 0 Å². The molecular formula is C18H16O5. The van der Waals surface area contributed by atoms with E-state index in [2.05, 4.69) is 0 Å². The van der Waals surface area contributed by atoms with Crippen molar-refractivity contribution in [1.29, 1.82) is 0 Å². The molecule has 0 heterocycles. The Labute approximate surface area is 133 Å². The molecule has 0 aliphatic carbocycles. The third-order valence-corrected chi connectivity index (χ3v) is 3.10. The lowest BCUT2D eigenvalue weighted by atomic mass is 10.1. The number of rotatable bonds is 6. The van der Waals surface area contributed by atoms with Gasteiger partial charge in [0, 0.05) is 5.56 Å². The smallest absolute Gasteiger partial charge is 0.347 e. The largest absolute Gasteiger partial charge is 0.458 e. The van der Waals surface area contributed by atoms with Crippen molar-refractivity contribution < 1.29 is 23.9 Å². The Bertz CT molecular complexity index is 694. The first-order valence-corrected chi connectivity index (χ1v) is 7.07. The highest BCUT2D eigenvalue weighted by Gasteiger charge is 2.20. The first-order valence-electron chi connectivity index (χ1n) is 7.07. The number of hydrogen-bond donors (Lipinski definition) is 0. The Morgan fingerprint density at radius 2 is 1.83 bits per heavy atom. The maximum Gasteiger partial charge on any atom is 0.347 e. The topological polar surface area (TPSA) is 69.7 Å². The van der Waals surface area contributed by atoms with Crippen LogP contribution in [0.25, 0.3) is 0 Å². The van der Waals surface area contributed by atoms with Crippen LogP contribution in [-0.4, -0.2) is 24.3 Å². The lowest BCUT2D eigenvalue weighted by Gasteiger charge is -2.13. The van der Waals surface area contributed by atoms with Crippen molar-refractivity contribution in [3.8, 4) is 0 Å². The van der Waals surface area contributed by atoms with Crippen LogP contribution >= 0.6 is 0 Å². The van der Waals surface area contributed by atoms with Crippen LogP contribution in [0.2, 0.25) is 0 Å². The molecule has 0 aliphatic heterocycles. The van der Waals surface area contributed by atoms with E-state index in [1.165, 1.54) is 19.1 Å². The van der Waals surface area contributed by atoms with Gasteiger partial charge in [-0.05, 0) is 24.6 Å². The van der Waals surface area contributed by atoms with E-state index in [1.807, 2.05) is 30.3 Å². The van der Waals surface area contributed by atoms with Crippen molar-refractivity contribution >= 4 is 18.2 Å². The Morgan fingerprint density at radius 1 is 1.09 bits per heavy atom. The van der Waals surface area contributed by atoms with E-state index in [1.54, 1.807) is 12.1 Å². The first-order chi connectivity index (χ1) is 11.1. The fraction of sp³-hybridized carbons (Fsp3) is 0.167. The van der Waals surface area contributed by atoms with Gasteiger partial charge in [-0.2, -0.15) is 0 Å². The van der Waals surface area contributed by atoms with Gasteiger partial charge >= 0.3 is 11.9 Å². The summed E-state index contributed by atoms with van der Waals surface area (Å²) >= 11 is 0. The summed E-state index contributed by atoms with van der Waals surface area (Å²) in [7, 11) is 0. The maximum absolute atomic E-state index is 12.0. The van der Waals surface area contributed by atoms with Crippen molar-refractivity contribution in [3.05, 3.63) is 71.3 Å². The summed E-state index contributed by atoms with van der Waals surface area (Å²) in [4.78, 5) is 34.5. The molecule has 0 fully saturated rings. The number of ether oxygens (including phenoxy) is 2. The molecule has 0 unspecified atom stereocenters. The van der Waals surface area contributed by atoms with E-state index in [9.17, 15) is 14.4 Å². The van der Waals surface area contributed by atoms with Gasteiger partial charge in [0.05, 0.1) is 5.56 Å². The van der Waals surface area contributed by atoms with Crippen molar-refractivity contribution in [2.75, 3.05) is 0 Å². The summed E-state index contributed by atoms with van der Waals surface area (Å²) in [6, 6.07) is 15.3. The Kier molecular flexibility index (Phi) is 5.63. The van der Waals surface area contributed by atoms with E-state index in [0.717, 1.165) is 5.56 Å². The SMILES string of the molecule is C[C@H](OC(=O)c1cccc(C=O)c1)C(=O)OCc1ccccc1. The number of hydrogen-bond acceptors (Lipinski definition) is 5. The number of carbonyl (C=O) groups excluding carboxylic acids is 3. The normalized spacial score (nSPS) is 11.3. The van der Waals surface area contributed by atoms with Crippen LogP contribution < -0.4 is 0 Å². The molecule has 0 amide bonds. The van der Waals surface area contributed by atoms with Crippen LogP contribution in [0.5, 0.6) is 0 Å². The second kappa shape index (κ2) is 7.89. The molecule has 5 heteroatoms. The minimum absolute atomic E-state index is 0.113. The van der Waals surface area contributed by atoms with Crippen molar-refractivity contribution in [3.63, 3.8) is 0 Å². The zero-order valence-electron chi connectivity index (χ0n) is 12.6. The summed E-state index contributed by atoms with van der Waals surface area (Å²) in [5.41, 5.74) is 1.41. The predicted molar refractivity (Wildman–Crippen MR) is 82.9 cm³/mol. The van der Waals surface area contributed by atoms with E-state index in [-0.39, 0.29) is 12.2 Å². The fourth-order valence-electron chi connectivity index (χ4n) is 1.86. The molecule has 0 bridgehead atoms. The highest BCUT2D eigenvalue weighted by Crippen LogP contribution is 2.09. The average Bonchev–Trinajstić information content (AvgIpc) is 2.60. The highest BCUT2D eigenvalue weighted by atomic mass is 16.6. The molecule has 2 rings (SSSR count). The molecule has 0 saturated carbocycles. The summed E-state index contributed by atoms with van der Waals surface area (Å²) in [5.74, 6) is -1.31. The Hall–Kier alpha value is -2.95. The molecule has 118 valence electrons. The van der Waals surface area contributed by atoms with Crippen LogP contribution in [0.15, 0.2) is 54.6 Å². The molecule has 2 aromatic rings. The van der Waals surface area contributed by atoms with E-state index < -0.39 is 18.0 Å². The summed E-state index contributed by atoms with van der Waals surface area (Å²) in [6.07, 6.45) is -0.403. The molecule has 23 heavy (non-hydrogen) atoms. The van der Waals surface area contributed by atoms with Crippen LogP contribution in [0.1, 0.15) is 33.2 Å². The Morgan fingerprint density at radius 3 is 2.52 bits per heavy atom. The summed E-state index contributed by atoms with van der Waals surface area (Å²) in [6.45, 7) is 1.55. The minimum atomic E-state index is -1.04. The number of benzene rings is 2. The lowest BCUT2D eigenvalue weighted by Crippen LogP contribution is -2.26. The molecule has 5 nitrogen and oxygen atoms in total. The first kappa shape index (κ1) is 16.4. The molecule has 0 saturated heterocycles. The van der Waals surface area contributed by atoms with Gasteiger partial charge in [0.15, 0.2) is 6.10 Å². The second-order valence-electron chi connectivity index (χ2n) is 4.88. The van der Waals surface area contributed by atoms with Gasteiger partial charge in [-0.1, -0.05) is 42.5 Å². The van der Waals surface area contributed by atoms with Gasteiger partial charge in [-0.3, -0.25) is 4.79 Å². The van der Waals surface area contributed by atoms with Crippen molar-refractivity contribution in [2.45, 2.75) is 19.6 Å². The second-order valence-corrected chi connectivity index (χ2v) is 4.88. The minimum Gasteiger partial charge on any atom is -0.458 e. The lowest BCUT2D eigenvalue weighted by molar-refractivity contribution is -0.154. The molecular weight excluding hydrogens is 296 g/mol. The summed E-state index contributed by atoms with van der Waals surface area (Å²) in [5, 5.41) is 0. The molecule has 0 spiro atoms. The Balaban J connectivity index is 1.89. The van der Waals surface area contributed by atoms with Crippen LogP contribution in [0.3, 0.4) is 0 Å². The van der Waals surface area contributed by atoms with Crippen molar-refractivity contribution in [1.82, 2.24) is 0 Å². The van der Waals surface area contributed by atoms with Gasteiger partial charge in [0.25, 0.3) is 0 Å². The van der Waals surface area contributed by atoms with Gasteiger partial charge in [-0.15, -0.1) is 0 Å². The van der Waals surface area contributed by atoms with Gasteiger partial charge < -0.3 is 9.47 Å². The average molecular weight is 312 g/mol. The number of aldehydes is 1. The van der Waals surface area contributed by atoms with Crippen LogP contribution in [-0.2, 0) is 20.9 Å². The molecule has 0 aromatic heterocycles. The van der Waals surface area contributed by atoms with E-state index >= 15 is 0 Å². The maximum atomic E-state index is 12.0. The zero-order valence-corrected chi connectivity index (χ0v) is 12.6. The quantitative estimate of drug-likeness (QED) is 0.606. The molecule has 0 aliphatic rings. The summed E-state index contributed by atoms with van der Waals surface area (Å²) < 4.78 is 10.2. The fourth-order valence-corrected chi connectivity index (χ4v) is 1.86. The molecule has 0 N–H and O–H groups in total.